The predicted molar refractivity (Wildman–Crippen MR) is 103 cm³/mol. The molecule has 8 heteroatoms. The van der Waals surface area contributed by atoms with E-state index in [1.54, 1.807) is 37.3 Å². The predicted octanol–water partition coefficient (Wildman–Crippen LogP) is 2.31. The van der Waals surface area contributed by atoms with Crippen LogP contribution in [0.5, 0.6) is 11.5 Å². The monoisotopic (exact) mass is 386 g/mol. The van der Waals surface area contributed by atoms with Crippen LogP contribution in [0.2, 0.25) is 0 Å². The van der Waals surface area contributed by atoms with Crippen molar-refractivity contribution in [3.05, 3.63) is 53.6 Å². The molecule has 2 aromatic carbocycles. The van der Waals surface area contributed by atoms with Crippen molar-refractivity contribution in [3.8, 4) is 11.5 Å². The van der Waals surface area contributed by atoms with Gasteiger partial charge in [-0.15, -0.1) is 0 Å². The van der Waals surface area contributed by atoms with Gasteiger partial charge in [0.15, 0.2) is 11.5 Å². The van der Waals surface area contributed by atoms with Gasteiger partial charge < -0.3 is 24.8 Å². The molecular formula is C20H22N2O6. The van der Waals surface area contributed by atoms with Crippen LogP contribution < -0.4 is 20.1 Å². The Balaban J connectivity index is 2.09. The SMILES string of the molecule is COC(=O)c1ccccc1NC(=O)C(=O)NC(C)c1ccc(OC)c(OC)c1. The van der Waals surface area contributed by atoms with Crippen molar-refractivity contribution < 1.29 is 28.6 Å². The molecule has 0 spiro atoms. The zero-order valence-corrected chi connectivity index (χ0v) is 16.1. The van der Waals surface area contributed by atoms with Crippen molar-refractivity contribution in [3.63, 3.8) is 0 Å². The zero-order valence-electron chi connectivity index (χ0n) is 16.1. The second-order valence-electron chi connectivity index (χ2n) is 5.80. The topological polar surface area (TPSA) is 103 Å². The van der Waals surface area contributed by atoms with E-state index in [9.17, 15) is 14.4 Å². The minimum atomic E-state index is -0.899. The summed E-state index contributed by atoms with van der Waals surface area (Å²) in [6, 6.07) is 11.0. The number of para-hydroxylation sites is 1. The van der Waals surface area contributed by atoms with Gasteiger partial charge in [0.2, 0.25) is 0 Å². The summed E-state index contributed by atoms with van der Waals surface area (Å²) in [5.41, 5.74) is 1.07. The lowest BCUT2D eigenvalue weighted by Gasteiger charge is -2.16. The second-order valence-corrected chi connectivity index (χ2v) is 5.80. The van der Waals surface area contributed by atoms with Crippen LogP contribution in [0.4, 0.5) is 5.69 Å². The van der Waals surface area contributed by atoms with Crippen molar-refractivity contribution in [1.82, 2.24) is 5.32 Å². The number of carbonyl (C=O) groups is 3. The van der Waals surface area contributed by atoms with Crippen LogP contribution >= 0.6 is 0 Å². The first kappa shape index (κ1) is 20.8. The summed E-state index contributed by atoms with van der Waals surface area (Å²) in [5.74, 6) is -1.29. The standard InChI is InChI=1S/C20H22N2O6/c1-12(13-9-10-16(26-2)17(11-13)27-3)21-18(23)19(24)22-15-8-6-5-7-14(15)20(25)28-4/h5-12H,1-4H3,(H,21,23)(H,22,24). The Morgan fingerprint density at radius 2 is 1.57 bits per heavy atom. The summed E-state index contributed by atoms with van der Waals surface area (Å²) >= 11 is 0. The molecule has 0 aromatic heterocycles. The van der Waals surface area contributed by atoms with Crippen LogP contribution in [0, 0.1) is 0 Å². The zero-order chi connectivity index (χ0) is 20.7. The molecule has 28 heavy (non-hydrogen) atoms. The van der Waals surface area contributed by atoms with Crippen molar-refractivity contribution in [1.29, 1.82) is 0 Å². The number of ether oxygens (including phenoxy) is 3. The van der Waals surface area contributed by atoms with Gasteiger partial charge in [0.05, 0.1) is 38.6 Å². The fourth-order valence-electron chi connectivity index (χ4n) is 2.53. The van der Waals surface area contributed by atoms with Crippen LogP contribution in [0.1, 0.15) is 28.9 Å². The third-order valence-corrected chi connectivity index (χ3v) is 4.04. The smallest absolute Gasteiger partial charge is 0.339 e. The molecule has 0 aliphatic heterocycles. The number of esters is 1. The molecule has 2 rings (SSSR count). The molecule has 2 amide bonds. The van der Waals surface area contributed by atoms with Gasteiger partial charge in [0, 0.05) is 0 Å². The summed E-state index contributed by atoms with van der Waals surface area (Å²) in [6.45, 7) is 1.73. The first-order valence-corrected chi connectivity index (χ1v) is 8.42. The number of carbonyl (C=O) groups excluding carboxylic acids is 3. The van der Waals surface area contributed by atoms with E-state index in [4.69, 9.17) is 9.47 Å². The van der Waals surface area contributed by atoms with Gasteiger partial charge in [-0.2, -0.15) is 0 Å². The number of hydrogen-bond donors (Lipinski definition) is 2. The average molecular weight is 386 g/mol. The van der Waals surface area contributed by atoms with Crippen molar-refractivity contribution >= 4 is 23.5 Å². The number of benzene rings is 2. The van der Waals surface area contributed by atoms with Crippen molar-refractivity contribution in [2.24, 2.45) is 0 Å². The molecule has 2 N–H and O–H groups in total. The Kier molecular flexibility index (Phi) is 6.97. The summed E-state index contributed by atoms with van der Waals surface area (Å²) in [6.07, 6.45) is 0. The molecule has 2 aromatic rings. The lowest BCUT2D eigenvalue weighted by molar-refractivity contribution is -0.136. The maximum absolute atomic E-state index is 12.3. The number of nitrogens with one attached hydrogen (secondary N) is 2. The summed E-state index contributed by atoms with van der Waals surface area (Å²) in [5, 5.41) is 5.03. The second kappa shape index (κ2) is 9.40. The molecule has 0 heterocycles. The number of methoxy groups -OCH3 is 3. The van der Waals surface area contributed by atoms with E-state index in [1.807, 2.05) is 0 Å². The number of hydrogen-bond acceptors (Lipinski definition) is 6. The highest BCUT2D eigenvalue weighted by molar-refractivity contribution is 6.40. The highest BCUT2D eigenvalue weighted by Crippen LogP contribution is 2.29. The van der Waals surface area contributed by atoms with Gasteiger partial charge in [0.1, 0.15) is 0 Å². The minimum Gasteiger partial charge on any atom is -0.493 e. The Bertz CT molecular complexity index is 881. The number of amides is 2. The van der Waals surface area contributed by atoms with Gasteiger partial charge in [0.25, 0.3) is 0 Å². The first-order valence-electron chi connectivity index (χ1n) is 8.42. The molecule has 0 bridgehead atoms. The Morgan fingerprint density at radius 3 is 2.21 bits per heavy atom. The quantitative estimate of drug-likeness (QED) is 0.583. The maximum Gasteiger partial charge on any atom is 0.339 e. The van der Waals surface area contributed by atoms with E-state index in [0.29, 0.717) is 11.5 Å². The molecule has 0 saturated heterocycles. The maximum atomic E-state index is 12.3. The fourth-order valence-corrected chi connectivity index (χ4v) is 2.53. The van der Waals surface area contributed by atoms with Gasteiger partial charge in [-0.3, -0.25) is 9.59 Å². The van der Waals surface area contributed by atoms with Crippen LogP contribution in [-0.4, -0.2) is 39.1 Å². The van der Waals surface area contributed by atoms with E-state index < -0.39 is 23.8 Å². The molecule has 0 aliphatic carbocycles. The molecule has 148 valence electrons. The van der Waals surface area contributed by atoms with E-state index in [2.05, 4.69) is 15.4 Å². The lowest BCUT2D eigenvalue weighted by Crippen LogP contribution is -2.37. The summed E-state index contributed by atoms with van der Waals surface area (Å²) in [7, 11) is 4.27. The molecule has 0 saturated carbocycles. The number of anilines is 1. The molecule has 0 aliphatic rings. The summed E-state index contributed by atoms with van der Waals surface area (Å²) in [4.78, 5) is 36.3. The van der Waals surface area contributed by atoms with Gasteiger partial charge in [-0.25, -0.2) is 4.79 Å². The Labute approximate surface area is 162 Å². The fraction of sp³-hybridized carbons (Fsp3) is 0.250. The first-order chi connectivity index (χ1) is 13.4. The van der Waals surface area contributed by atoms with Crippen LogP contribution in [0.3, 0.4) is 0 Å². The van der Waals surface area contributed by atoms with E-state index in [1.165, 1.54) is 33.5 Å². The van der Waals surface area contributed by atoms with Crippen LogP contribution in [0.25, 0.3) is 0 Å². The minimum absolute atomic E-state index is 0.152. The van der Waals surface area contributed by atoms with Crippen molar-refractivity contribution in [2.45, 2.75) is 13.0 Å². The highest BCUT2D eigenvalue weighted by Gasteiger charge is 2.20. The number of rotatable bonds is 6. The Morgan fingerprint density at radius 1 is 0.893 bits per heavy atom. The van der Waals surface area contributed by atoms with Crippen LogP contribution in [-0.2, 0) is 14.3 Å². The third kappa shape index (κ3) is 4.79. The third-order valence-electron chi connectivity index (χ3n) is 4.04. The molecule has 0 radical (unpaired) electrons. The molecular weight excluding hydrogens is 364 g/mol. The largest absolute Gasteiger partial charge is 0.493 e. The van der Waals surface area contributed by atoms with E-state index in [0.717, 1.165) is 5.56 Å². The summed E-state index contributed by atoms with van der Waals surface area (Å²) < 4.78 is 15.1. The van der Waals surface area contributed by atoms with E-state index >= 15 is 0 Å². The molecule has 0 fully saturated rings. The van der Waals surface area contributed by atoms with Crippen LogP contribution in [0.15, 0.2) is 42.5 Å². The van der Waals surface area contributed by atoms with Gasteiger partial charge >= 0.3 is 17.8 Å². The van der Waals surface area contributed by atoms with Crippen molar-refractivity contribution in [2.75, 3.05) is 26.6 Å². The molecule has 1 unspecified atom stereocenters. The highest BCUT2D eigenvalue weighted by atomic mass is 16.5. The van der Waals surface area contributed by atoms with Gasteiger partial charge in [-0.1, -0.05) is 18.2 Å². The molecule has 1 atom stereocenters. The van der Waals surface area contributed by atoms with E-state index in [-0.39, 0.29) is 11.3 Å². The van der Waals surface area contributed by atoms with Gasteiger partial charge in [-0.05, 0) is 36.8 Å². The normalized spacial score (nSPS) is 11.1. The lowest BCUT2D eigenvalue weighted by atomic mass is 10.1. The molecule has 8 nitrogen and oxygen atoms in total. The Hall–Kier alpha value is -3.55. The average Bonchev–Trinajstić information content (AvgIpc) is 2.72.